The first-order chi connectivity index (χ1) is 17.5. The zero-order valence-electron chi connectivity index (χ0n) is 19.3. The molecule has 0 aliphatic carbocycles. The maximum absolute atomic E-state index is 15.4. The average molecular weight is 490 g/mol. The zero-order valence-corrected chi connectivity index (χ0v) is 19.3. The number of ether oxygens (including phenoxy) is 1. The molecule has 3 heterocycles. The summed E-state index contributed by atoms with van der Waals surface area (Å²) in [6, 6.07) is 14.8. The second-order valence-corrected chi connectivity index (χ2v) is 8.66. The van der Waals surface area contributed by atoms with E-state index in [9.17, 15) is 19.8 Å². The Hall–Kier alpha value is -4.24. The molecule has 0 bridgehead atoms. The number of nitrogens with zero attached hydrogens (tertiary/aromatic N) is 3. The number of benzene rings is 2. The molecule has 1 saturated heterocycles. The Morgan fingerprint density at radius 1 is 1.17 bits per heavy atom. The molecule has 1 atom stereocenters. The predicted molar refractivity (Wildman–Crippen MR) is 132 cm³/mol. The largest absolute Gasteiger partial charge is 0.477 e. The molecule has 2 aromatic heterocycles. The number of carboxylic acid groups (broad SMARTS) is 1. The Morgan fingerprint density at radius 3 is 2.67 bits per heavy atom. The highest BCUT2D eigenvalue weighted by Crippen LogP contribution is 2.32. The Morgan fingerprint density at radius 2 is 1.97 bits per heavy atom. The van der Waals surface area contributed by atoms with E-state index in [4.69, 9.17) is 4.74 Å². The molecule has 36 heavy (non-hydrogen) atoms. The number of aromatic carboxylic acids is 1. The molecule has 0 radical (unpaired) electrons. The fraction of sp³-hybridized carbons (Fsp3) is 0.222. The summed E-state index contributed by atoms with van der Waals surface area (Å²) in [6.07, 6.45) is 4.55. The molecule has 1 aliphatic rings. The van der Waals surface area contributed by atoms with Crippen LogP contribution < -0.4 is 15.1 Å². The third-order valence-electron chi connectivity index (χ3n) is 6.45. The molecular weight excluding hydrogens is 465 g/mol. The average Bonchev–Trinajstić information content (AvgIpc) is 3.36. The molecule has 2 N–H and O–H groups in total. The Labute approximate surface area is 205 Å². The molecule has 9 heteroatoms. The van der Waals surface area contributed by atoms with Gasteiger partial charge in [0.15, 0.2) is 0 Å². The molecule has 184 valence electrons. The summed E-state index contributed by atoms with van der Waals surface area (Å²) < 4.78 is 22.8. The first-order valence-corrected chi connectivity index (χ1v) is 11.6. The lowest BCUT2D eigenvalue weighted by atomic mass is 10.1. The summed E-state index contributed by atoms with van der Waals surface area (Å²) >= 11 is 0. The van der Waals surface area contributed by atoms with Gasteiger partial charge >= 0.3 is 5.97 Å². The van der Waals surface area contributed by atoms with E-state index in [2.05, 4.69) is 4.98 Å². The van der Waals surface area contributed by atoms with Gasteiger partial charge in [0.1, 0.15) is 18.0 Å². The van der Waals surface area contributed by atoms with E-state index in [0.717, 1.165) is 18.9 Å². The van der Waals surface area contributed by atoms with Gasteiger partial charge in [0, 0.05) is 36.1 Å². The minimum absolute atomic E-state index is 0.0251. The van der Waals surface area contributed by atoms with Crippen LogP contribution in [0.1, 0.15) is 28.8 Å². The topological polar surface area (TPSA) is 105 Å². The standard InChI is InChI=1S/C27H24FN3O5/c28-22-12-20-23(13-24(22)30-11-3-4-19(30)16-36-25-5-1-2-10-29-25)31(14-21(26(20)33)27(34)35)18-8-6-17(15-32)7-9-18/h1-2,5-10,12-14,19,32H,3-4,11,15-16H2,(H,34,35)/t19-/m1/s1. The van der Waals surface area contributed by atoms with Crippen molar-refractivity contribution in [2.45, 2.75) is 25.5 Å². The lowest BCUT2D eigenvalue weighted by Gasteiger charge is -2.27. The van der Waals surface area contributed by atoms with Crippen molar-refractivity contribution in [2.24, 2.45) is 0 Å². The van der Waals surface area contributed by atoms with E-state index in [0.29, 0.717) is 41.5 Å². The lowest BCUT2D eigenvalue weighted by Crippen LogP contribution is -2.35. The van der Waals surface area contributed by atoms with E-state index in [1.807, 2.05) is 11.0 Å². The molecule has 0 unspecified atom stereocenters. The summed E-state index contributed by atoms with van der Waals surface area (Å²) in [7, 11) is 0. The van der Waals surface area contributed by atoms with Crippen LogP contribution >= 0.6 is 0 Å². The number of halogens is 1. The predicted octanol–water partition coefficient (Wildman–Crippen LogP) is 3.76. The molecule has 0 amide bonds. The minimum Gasteiger partial charge on any atom is -0.477 e. The second kappa shape index (κ2) is 9.79. The van der Waals surface area contributed by atoms with E-state index >= 15 is 4.39 Å². The molecule has 4 aromatic rings. The number of rotatable bonds is 7. The number of carbonyl (C=O) groups is 1. The highest BCUT2D eigenvalue weighted by molar-refractivity contribution is 5.94. The zero-order chi connectivity index (χ0) is 25.2. The van der Waals surface area contributed by atoms with Crippen molar-refractivity contribution in [1.29, 1.82) is 0 Å². The summed E-state index contributed by atoms with van der Waals surface area (Å²) in [6.45, 7) is 0.793. The van der Waals surface area contributed by atoms with Crippen molar-refractivity contribution in [2.75, 3.05) is 18.1 Å². The van der Waals surface area contributed by atoms with Gasteiger partial charge in [-0.05, 0) is 48.7 Å². The first-order valence-electron chi connectivity index (χ1n) is 11.6. The number of aromatic nitrogens is 2. The smallest absolute Gasteiger partial charge is 0.341 e. The van der Waals surface area contributed by atoms with E-state index in [-0.39, 0.29) is 18.0 Å². The molecule has 1 aliphatic heterocycles. The van der Waals surface area contributed by atoms with Gasteiger partial charge in [-0.15, -0.1) is 0 Å². The van der Waals surface area contributed by atoms with Crippen molar-refractivity contribution < 1.29 is 24.1 Å². The van der Waals surface area contributed by atoms with Gasteiger partial charge in [0.05, 0.1) is 23.9 Å². The van der Waals surface area contributed by atoms with Crippen molar-refractivity contribution in [3.63, 3.8) is 0 Å². The summed E-state index contributed by atoms with van der Waals surface area (Å²) in [5.74, 6) is -1.50. The summed E-state index contributed by atoms with van der Waals surface area (Å²) in [4.78, 5) is 30.8. The number of hydrogen-bond acceptors (Lipinski definition) is 6. The Bertz CT molecular complexity index is 1470. The SMILES string of the molecule is O=C(O)c1cn(-c2ccc(CO)cc2)c2cc(N3CCC[C@@H]3COc3ccccn3)c(F)cc2c1=O. The van der Waals surface area contributed by atoms with Crippen LogP contribution in [0.2, 0.25) is 0 Å². The Kier molecular flexibility index (Phi) is 6.39. The van der Waals surface area contributed by atoms with Gasteiger partial charge in [-0.25, -0.2) is 14.2 Å². The van der Waals surface area contributed by atoms with Gasteiger partial charge < -0.3 is 24.4 Å². The van der Waals surface area contributed by atoms with Crippen LogP contribution in [0.5, 0.6) is 5.88 Å². The second-order valence-electron chi connectivity index (χ2n) is 8.66. The number of anilines is 1. The minimum atomic E-state index is -1.39. The third-order valence-corrected chi connectivity index (χ3v) is 6.45. The lowest BCUT2D eigenvalue weighted by molar-refractivity contribution is 0.0695. The van der Waals surface area contributed by atoms with Crippen LogP contribution in [-0.2, 0) is 6.61 Å². The van der Waals surface area contributed by atoms with Crippen molar-refractivity contribution in [3.8, 4) is 11.6 Å². The van der Waals surface area contributed by atoms with Gasteiger partial charge in [-0.1, -0.05) is 18.2 Å². The molecule has 2 aromatic carbocycles. The van der Waals surface area contributed by atoms with Gasteiger partial charge in [0.25, 0.3) is 0 Å². The normalized spacial score (nSPS) is 15.4. The third kappa shape index (κ3) is 4.40. The van der Waals surface area contributed by atoms with E-state index < -0.39 is 22.8 Å². The molecule has 0 spiro atoms. The number of aliphatic hydroxyl groups is 1. The molecule has 5 rings (SSSR count). The highest BCUT2D eigenvalue weighted by Gasteiger charge is 2.29. The number of fused-ring (bicyclic) bond motifs is 1. The van der Waals surface area contributed by atoms with Crippen LogP contribution in [-0.4, -0.2) is 44.9 Å². The summed E-state index contributed by atoms with van der Waals surface area (Å²) in [5, 5.41) is 18.9. The maximum Gasteiger partial charge on any atom is 0.341 e. The van der Waals surface area contributed by atoms with Crippen molar-refractivity contribution in [3.05, 3.63) is 94.2 Å². The first kappa shape index (κ1) is 23.5. The molecular formula is C27H24FN3O5. The number of carboxylic acids is 1. The molecule has 8 nitrogen and oxygen atoms in total. The molecule has 0 saturated carbocycles. The van der Waals surface area contributed by atoms with Gasteiger partial charge in [-0.2, -0.15) is 0 Å². The van der Waals surface area contributed by atoms with Gasteiger partial charge in [0.2, 0.25) is 11.3 Å². The number of hydrogen-bond donors (Lipinski definition) is 2. The van der Waals surface area contributed by atoms with Crippen LogP contribution in [0.4, 0.5) is 10.1 Å². The fourth-order valence-electron chi connectivity index (χ4n) is 4.62. The van der Waals surface area contributed by atoms with Crippen LogP contribution in [0, 0.1) is 5.82 Å². The van der Waals surface area contributed by atoms with Crippen molar-refractivity contribution in [1.82, 2.24) is 9.55 Å². The van der Waals surface area contributed by atoms with Gasteiger partial charge in [-0.3, -0.25) is 4.79 Å². The quantitative estimate of drug-likeness (QED) is 0.407. The van der Waals surface area contributed by atoms with Crippen molar-refractivity contribution >= 4 is 22.6 Å². The fourth-order valence-corrected chi connectivity index (χ4v) is 4.62. The number of aliphatic hydroxyl groups excluding tert-OH is 1. The van der Waals surface area contributed by atoms with E-state index in [1.165, 1.54) is 6.20 Å². The Balaban J connectivity index is 1.60. The maximum atomic E-state index is 15.4. The molecule has 1 fully saturated rings. The summed E-state index contributed by atoms with van der Waals surface area (Å²) in [5.41, 5.74) is 0.759. The van der Waals surface area contributed by atoms with Crippen LogP contribution in [0.15, 0.2) is 71.8 Å². The van der Waals surface area contributed by atoms with Crippen LogP contribution in [0.3, 0.4) is 0 Å². The highest BCUT2D eigenvalue weighted by atomic mass is 19.1. The van der Waals surface area contributed by atoms with Crippen LogP contribution in [0.25, 0.3) is 16.6 Å². The monoisotopic (exact) mass is 489 g/mol. The number of pyridine rings is 2. The van der Waals surface area contributed by atoms with E-state index in [1.54, 1.807) is 53.2 Å².